The number of nitrogens with one attached hydrogen (secondary N) is 1. The topological polar surface area (TPSA) is 108 Å². The van der Waals surface area contributed by atoms with Gasteiger partial charge >= 0.3 is 5.97 Å². The van der Waals surface area contributed by atoms with Crippen molar-refractivity contribution in [1.82, 2.24) is 0 Å². The Balaban J connectivity index is 1.65. The molecule has 1 aliphatic rings. The van der Waals surface area contributed by atoms with Crippen LogP contribution in [0.1, 0.15) is 35.7 Å². The summed E-state index contributed by atoms with van der Waals surface area (Å²) in [6.07, 6.45) is 1.76. The van der Waals surface area contributed by atoms with E-state index in [-0.39, 0.29) is 23.9 Å². The van der Waals surface area contributed by atoms with Crippen LogP contribution in [0.5, 0.6) is 0 Å². The smallest absolute Gasteiger partial charge is 0.345 e. The van der Waals surface area contributed by atoms with Gasteiger partial charge in [0.2, 0.25) is 0 Å². The van der Waals surface area contributed by atoms with Crippen LogP contribution < -0.4 is 10.2 Å². The second kappa shape index (κ2) is 9.06. The van der Waals surface area contributed by atoms with Crippen LogP contribution in [-0.4, -0.2) is 36.6 Å². The molecule has 150 valence electrons. The molecule has 1 aliphatic heterocycles. The molecule has 1 heterocycles. The minimum Gasteiger partial charge on any atom is -0.462 e. The molecule has 1 saturated heterocycles. The van der Waals surface area contributed by atoms with Gasteiger partial charge in [0.05, 0.1) is 23.2 Å². The van der Waals surface area contributed by atoms with Crippen LogP contribution in [0.25, 0.3) is 0 Å². The summed E-state index contributed by atoms with van der Waals surface area (Å²) in [4.78, 5) is 25.0. The average Bonchev–Trinajstić information content (AvgIpc) is 2.74. The Morgan fingerprint density at radius 1 is 1.28 bits per heavy atom. The van der Waals surface area contributed by atoms with E-state index in [9.17, 15) is 14.9 Å². The Hall–Kier alpha value is -3.60. The molecule has 0 saturated carbocycles. The standard InChI is InChI=1S/C21H22N4O4/c1-2-29-21(26)19-13-17(5-8-20(19)25(27)28)23-16-9-11-24(12-10-16)18-6-3-15(14-22)4-7-18/h3-8,13,16,23H,2,9-12H2,1H3. The van der Waals surface area contributed by atoms with Gasteiger partial charge in [0.15, 0.2) is 0 Å². The quantitative estimate of drug-likeness (QED) is 0.452. The van der Waals surface area contributed by atoms with E-state index < -0.39 is 10.9 Å². The Kier molecular flexibility index (Phi) is 6.29. The molecule has 0 radical (unpaired) electrons. The normalized spacial score (nSPS) is 14.1. The fourth-order valence-corrected chi connectivity index (χ4v) is 3.42. The van der Waals surface area contributed by atoms with Crippen molar-refractivity contribution in [3.05, 3.63) is 63.7 Å². The molecule has 3 rings (SSSR count). The average molecular weight is 394 g/mol. The number of carbonyl (C=O) groups is 1. The number of hydrogen-bond acceptors (Lipinski definition) is 7. The highest BCUT2D eigenvalue weighted by Crippen LogP contribution is 2.26. The third-order valence-electron chi connectivity index (χ3n) is 4.92. The maximum Gasteiger partial charge on any atom is 0.345 e. The van der Waals surface area contributed by atoms with E-state index in [1.807, 2.05) is 24.3 Å². The van der Waals surface area contributed by atoms with Crippen molar-refractivity contribution in [1.29, 1.82) is 5.26 Å². The number of anilines is 2. The molecule has 0 bridgehead atoms. The first-order chi connectivity index (χ1) is 14.0. The summed E-state index contributed by atoms with van der Waals surface area (Å²) in [5.74, 6) is -0.696. The first kappa shape index (κ1) is 20.1. The monoisotopic (exact) mass is 394 g/mol. The van der Waals surface area contributed by atoms with Crippen LogP contribution in [0.15, 0.2) is 42.5 Å². The minimum atomic E-state index is -0.696. The lowest BCUT2D eigenvalue weighted by atomic mass is 10.0. The van der Waals surface area contributed by atoms with Gasteiger partial charge in [-0.3, -0.25) is 10.1 Å². The van der Waals surface area contributed by atoms with Gasteiger partial charge in [-0.15, -0.1) is 0 Å². The van der Waals surface area contributed by atoms with Crippen molar-refractivity contribution in [3.63, 3.8) is 0 Å². The van der Waals surface area contributed by atoms with Crippen molar-refractivity contribution in [2.45, 2.75) is 25.8 Å². The summed E-state index contributed by atoms with van der Waals surface area (Å²) in [6.45, 7) is 3.51. The number of esters is 1. The second-order valence-corrected chi connectivity index (χ2v) is 6.77. The molecule has 8 heteroatoms. The lowest BCUT2D eigenvalue weighted by Gasteiger charge is -2.34. The summed E-state index contributed by atoms with van der Waals surface area (Å²) >= 11 is 0. The highest BCUT2D eigenvalue weighted by atomic mass is 16.6. The first-order valence-corrected chi connectivity index (χ1v) is 9.49. The maximum atomic E-state index is 12.1. The number of benzene rings is 2. The van der Waals surface area contributed by atoms with E-state index in [4.69, 9.17) is 10.00 Å². The molecule has 2 aromatic carbocycles. The number of nitriles is 1. The molecule has 29 heavy (non-hydrogen) atoms. The van der Waals surface area contributed by atoms with Gasteiger partial charge in [0, 0.05) is 36.6 Å². The maximum absolute atomic E-state index is 12.1. The largest absolute Gasteiger partial charge is 0.462 e. The Bertz CT molecular complexity index is 929. The third-order valence-corrected chi connectivity index (χ3v) is 4.92. The summed E-state index contributed by atoms with van der Waals surface area (Å²) in [6, 6.07) is 14.3. The Morgan fingerprint density at radius 3 is 2.55 bits per heavy atom. The number of ether oxygens (including phenoxy) is 1. The van der Waals surface area contributed by atoms with Crippen molar-refractivity contribution < 1.29 is 14.5 Å². The predicted octanol–water partition coefficient (Wildman–Crippen LogP) is 3.72. The highest BCUT2D eigenvalue weighted by Gasteiger charge is 2.24. The third kappa shape index (κ3) is 4.82. The zero-order chi connectivity index (χ0) is 20.8. The summed E-state index contributed by atoms with van der Waals surface area (Å²) < 4.78 is 4.95. The van der Waals surface area contributed by atoms with Crippen molar-refractivity contribution >= 4 is 23.0 Å². The Labute approximate surface area is 168 Å². The van der Waals surface area contributed by atoms with E-state index in [1.165, 1.54) is 12.1 Å². The van der Waals surface area contributed by atoms with E-state index in [0.29, 0.717) is 11.3 Å². The number of nitro groups is 1. The summed E-state index contributed by atoms with van der Waals surface area (Å²) in [5, 5.41) is 23.5. The first-order valence-electron chi connectivity index (χ1n) is 9.49. The molecule has 1 fully saturated rings. The van der Waals surface area contributed by atoms with Crippen LogP contribution in [0.2, 0.25) is 0 Å². The highest BCUT2D eigenvalue weighted by molar-refractivity contribution is 5.95. The molecular formula is C21H22N4O4. The van der Waals surface area contributed by atoms with Crippen LogP contribution >= 0.6 is 0 Å². The molecule has 0 amide bonds. The number of carbonyl (C=O) groups excluding carboxylic acids is 1. The molecular weight excluding hydrogens is 372 g/mol. The van der Waals surface area contributed by atoms with Gasteiger partial charge in [-0.1, -0.05) is 0 Å². The molecule has 0 aromatic heterocycles. The molecule has 0 atom stereocenters. The number of hydrogen-bond donors (Lipinski definition) is 1. The second-order valence-electron chi connectivity index (χ2n) is 6.77. The van der Waals surface area contributed by atoms with E-state index in [1.54, 1.807) is 13.0 Å². The number of piperidine rings is 1. The van der Waals surface area contributed by atoms with Crippen molar-refractivity contribution in [2.24, 2.45) is 0 Å². The predicted molar refractivity (Wildman–Crippen MR) is 109 cm³/mol. The number of rotatable bonds is 6. The number of nitro benzene ring substituents is 1. The van der Waals surface area contributed by atoms with Crippen LogP contribution in [0.4, 0.5) is 17.1 Å². The Morgan fingerprint density at radius 2 is 1.97 bits per heavy atom. The molecule has 1 N–H and O–H groups in total. The van der Waals surface area contributed by atoms with Crippen LogP contribution in [0, 0.1) is 21.4 Å². The fraction of sp³-hybridized carbons (Fsp3) is 0.333. The van der Waals surface area contributed by atoms with Crippen molar-refractivity contribution in [3.8, 4) is 6.07 Å². The molecule has 2 aromatic rings. The minimum absolute atomic E-state index is 0.0446. The van der Waals surface area contributed by atoms with Gasteiger partial charge in [0.1, 0.15) is 5.56 Å². The molecule has 0 unspecified atom stereocenters. The molecule has 0 spiro atoms. The van der Waals surface area contributed by atoms with Gasteiger partial charge < -0.3 is 15.0 Å². The van der Waals surface area contributed by atoms with Gasteiger partial charge in [0.25, 0.3) is 5.69 Å². The van der Waals surface area contributed by atoms with Crippen LogP contribution in [0.3, 0.4) is 0 Å². The summed E-state index contributed by atoms with van der Waals surface area (Å²) in [5.41, 5.74) is 2.08. The lowest BCUT2D eigenvalue weighted by Crippen LogP contribution is -2.39. The van der Waals surface area contributed by atoms with E-state index >= 15 is 0 Å². The van der Waals surface area contributed by atoms with Crippen LogP contribution in [-0.2, 0) is 4.74 Å². The van der Waals surface area contributed by atoms with E-state index in [0.717, 1.165) is 31.6 Å². The summed E-state index contributed by atoms with van der Waals surface area (Å²) in [7, 11) is 0. The fourth-order valence-electron chi connectivity index (χ4n) is 3.42. The van der Waals surface area contributed by atoms with Gasteiger partial charge in [-0.25, -0.2) is 4.79 Å². The van der Waals surface area contributed by atoms with Gasteiger partial charge in [-0.2, -0.15) is 5.26 Å². The lowest BCUT2D eigenvalue weighted by molar-refractivity contribution is -0.385. The zero-order valence-electron chi connectivity index (χ0n) is 16.1. The van der Waals surface area contributed by atoms with Gasteiger partial charge in [-0.05, 0) is 56.2 Å². The number of nitrogens with zero attached hydrogens (tertiary/aromatic N) is 3. The SMILES string of the molecule is CCOC(=O)c1cc(NC2CCN(c3ccc(C#N)cc3)CC2)ccc1[N+](=O)[O-]. The molecule has 0 aliphatic carbocycles. The van der Waals surface area contributed by atoms with E-state index in [2.05, 4.69) is 16.3 Å². The van der Waals surface area contributed by atoms with Crippen molar-refractivity contribution in [2.75, 3.05) is 29.9 Å². The zero-order valence-corrected chi connectivity index (χ0v) is 16.1. The molecule has 8 nitrogen and oxygen atoms in total.